The predicted octanol–water partition coefficient (Wildman–Crippen LogP) is 0.320. The van der Waals surface area contributed by atoms with E-state index >= 15 is 0 Å². The first-order chi connectivity index (χ1) is 4.31. The minimum absolute atomic E-state index is 0.500. The van der Waals surface area contributed by atoms with E-state index in [1.807, 2.05) is 0 Å². The highest BCUT2D eigenvalue weighted by Crippen LogP contribution is 1.98. The van der Waals surface area contributed by atoms with Gasteiger partial charge in [-0.3, -0.25) is 0 Å². The van der Waals surface area contributed by atoms with E-state index in [9.17, 15) is 4.79 Å². The van der Waals surface area contributed by atoms with Gasteiger partial charge >= 0.3 is 0 Å². The van der Waals surface area contributed by atoms with Gasteiger partial charge in [-0.25, -0.2) is 0 Å². The fraction of sp³-hybridized carbons (Fsp3) is 0.833. The Bertz CT molecular complexity index is 72.7. The van der Waals surface area contributed by atoms with E-state index in [0.717, 1.165) is 6.29 Å². The Morgan fingerprint density at radius 1 is 1.78 bits per heavy atom. The summed E-state index contributed by atoms with van der Waals surface area (Å²) in [7, 11) is 1.44. The lowest BCUT2D eigenvalue weighted by Gasteiger charge is -2.04. The number of aliphatic hydroxyl groups is 1. The van der Waals surface area contributed by atoms with Gasteiger partial charge < -0.3 is 14.6 Å². The zero-order valence-corrected chi connectivity index (χ0v) is 5.54. The maximum absolute atomic E-state index is 9.75. The van der Waals surface area contributed by atoms with E-state index in [1.54, 1.807) is 0 Å². The van der Waals surface area contributed by atoms with Gasteiger partial charge in [0.1, 0.15) is 6.29 Å². The van der Waals surface area contributed by atoms with Crippen LogP contribution in [-0.4, -0.2) is 24.8 Å². The monoisotopic (exact) mass is 132 g/mol. The number of carbonyl (C=O) groups is 1. The Kier molecular flexibility index (Phi) is 5.46. The van der Waals surface area contributed by atoms with Crippen LogP contribution in [0.2, 0.25) is 0 Å². The van der Waals surface area contributed by atoms with Crippen LogP contribution in [0.1, 0.15) is 19.3 Å². The first kappa shape index (κ1) is 8.59. The van der Waals surface area contributed by atoms with Crippen LogP contribution >= 0.6 is 0 Å². The van der Waals surface area contributed by atoms with Crippen molar-refractivity contribution in [1.82, 2.24) is 0 Å². The number of rotatable bonds is 5. The Hall–Kier alpha value is -0.410. The van der Waals surface area contributed by atoms with Gasteiger partial charge in [-0.15, -0.1) is 0 Å². The summed E-state index contributed by atoms with van der Waals surface area (Å²) < 4.78 is 4.54. The minimum atomic E-state index is -0.704. The second kappa shape index (κ2) is 5.72. The quantitative estimate of drug-likeness (QED) is 0.333. The van der Waals surface area contributed by atoms with Gasteiger partial charge in [-0.1, -0.05) is 0 Å². The van der Waals surface area contributed by atoms with Crippen LogP contribution in [0.5, 0.6) is 0 Å². The minimum Gasteiger partial charge on any atom is -0.368 e. The van der Waals surface area contributed by atoms with E-state index in [0.29, 0.717) is 19.3 Å². The van der Waals surface area contributed by atoms with Crippen LogP contribution in [0.3, 0.4) is 0 Å². The Morgan fingerprint density at radius 2 is 2.44 bits per heavy atom. The number of unbranched alkanes of at least 4 members (excludes halogenated alkanes) is 1. The van der Waals surface area contributed by atoms with E-state index in [4.69, 9.17) is 5.11 Å². The molecular formula is C6H12O3. The van der Waals surface area contributed by atoms with Crippen molar-refractivity contribution in [2.45, 2.75) is 25.6 Å². The number of hydrogen-bond acceptors (Lipinski definition) is 3. The highest BCUT2D eigenvalue weighted by Gasteiger charge is 1.98. The molecule has 0 aromatic carbocycles. The van der Waals surface area contributed by atoms with Gasteiger partial charge in [0.2, 0.25) is 0 Å². The van der Waals surface area contributed by atoms with E-state index in [2.05, 4.69) is 4.74 Å². The Labute approximate surface area is 54.6 Å². The lowest BCUT2D eigenvalue weighted by Crippen LogP contribution is -2.07. The first-order valence-corrected chi connectivity index (χ1v) is 2.95. The van der Waals surface area contributed by atoms with Crippen molar-refractivity contribution >= 4 is 6.29 Å². The van der Waals surface area contributed by atoms with Gasteiger partial charge in [0.05, 0.1) is 0 Å². The SMILES string of the molecule is COC(O)CCCC=O. The Morgan fingerprint density at radius 3 is 2.89 bits per heavy atom. The standard InChI is InChI=1S/C6H12O3/c1-9-6(8)4-2-3-5-7/h5-6,8H,2-4H2,1H3. The number of aldehydes is 1. The molecule has 1 atom stereocenters. The summed E-state index contributed by atoms with van der Waals surface area (Å²) >= 11 is 0. The lowest BCUT2D eigenvalue weighted by molar-refractivity contribution is -0.108. The summed E-state index contributed by atoms with van der Waals surface area (Å²) in [5.41, 5.74) is 0. The molecule has 0 aliphatic rings. The van der Waals surface area contributed by atoms with E-state index in [1.165, 1.54) is 7.11 Å². The molecule has 0 saturated carbocycles. The maximum atomic E-state index is 9.75. The van der Waals surface area contributed by atoms with Gasteiger partial charge in [0.15, 0.2) is 6.29 Å². The molecule has 0 fully saturated rings. The summed E-state index contributed by atoms with van der Waals surface area (Å²) in [4.78, 5) is 9.75. The van der Waals surface area contributed by atoms with Crippen molar-refractivity contribution < 1.29 is 14.6 Å². The molecule has 0 spiro atoms. The van der Waals surface area contributed by atoms with E-state index in [-0.39, 0.29) is 0 Å². The molecule has 9 heavy (non-hydrogen) atoms. The third-order valence-corrected chi connectivity index (χ3v) is 1.05. The summed E-state index contributed by atoms with van der Waals surface area (Å²) in [6, 6.07) is 0. The van der Waals surface area contributed by atoms with Gasteiger partial charge in [0.25, 0.3) is 0 Å². The second-order valence-electron chi connectivity index (χ2n) is 1.79. The molecule has 54 valence electrons. The average Bonchev–Trinajstić information content (AvgIpc) is 1.89. The Balaban J connectivity index is 2.96. The molecule has 0 bridgehead atoms. The van der Waals surface area contributed by atoms with Crippen LogP contribution in [0.15, 0.2) is 0 Å². The summed E-state index contributed by atoms with van der Waals surface area (Å²) in [5.74, 6) is 0. The molecule has 0 aromatic heterocycles. The second-order valence-corrected chi connectivity index (χ2v) is 1.79. The molecule has 0 aliphatic heterocycles. The summed E-state index contributed by atoms with van der Waals surface area (Å²) in [6.07, 6.45) is 1.86. The normalized spacial score (nSPS) is 13.1. The van der Waals surface area contributed by atoms with Crippen molar-refractivity contribution in [3.63, 3.8) is 0 Å². The molecule has 0 radical (unpaired) electrons. The van der Waals surface area contributed by atoms with Crippen molar-refractivity contribution in [1.29, 1.82) is 0 Å². The highest BCUT2D eigenvalue weighted by atomic mass is 16.6. The molecule has 0 saturated heterocycles. The van der Waals surface area contributed by atoms with Crippen LogP contribution in [0, 0.1) is 0 Å². The van der Waals surface area contributed by atoms with Gasteiger partial charge in [0, 0.05) is 13.5 Å². The molecule has 0 rings (SSSR count). The van der Waals surface area contributed by atoms with Crippen LogP contribution < -0.4 is 0 Å². The average molecular weight is 132 g/mol. The fourth-order valence-corrected chi connectivity index (χ4v) is 0.494. The third kappa shape index (κ3) is 5.46. The molecule has 1 N–H and O–H groups in total. The van der Waals surface area contributed by atoms with Gasteiger partial charge in [-0.05, 0) is 12.8 Å². The van der Waals surface area contributed by atoms with E-state index < -0.39 is 6.29 Å². The zero-order chi connectivity index (χ0) is 7.11. The topological polar surface area (TPSA) is 46.5 Å². The zero-order valence-electron chi connectivity index (χ0n) is 5.54. The summed E-state index contributed by atoms with van der Waals surface area (Å²) in [6.45, 7) is 0. The maximum Gasteiger partial charge on any atom is 0.154 e. The largest absolute Gasteiger partial charge is 0.368 e. The smallest absolute Gasteiger partial charge is 0.154 e. The molecule has 0 heterocycles. The highest BCUT2D eigenvalue weighted by molar-refractivity contribution is 5.48. The number of hydrogen-bond donors (Lipinski definition) is 1. The summed E-state index contributed by atoms with van der Waals surface area (Å²) in [5, 5.41) is 8.75. The third-order valence-electron chi connectivity index (χ3n) is 1.05. The number of ether oxygens (including phenoxy) is 1. The number of carbonyl (C=O) groups excluding carboxylic acids is 1. The van der Waals surface area contributed by atoms with Gasteiger partial charge in [-0.2, -0.15) is 0 Å². The molecular weight excluding hydrogens is 120 g/mol. The van der Waals surface area contributed by atoms with Crippen LogP contribution in [0.4, 0.5) is 0 Å². The first-order valence-electron chi connectivity index (χ1n) is 2.95. The van der Waals surface area contributed by atoms with Crippen LogP contribution in [0.25, 0.3) is 0 Å². The van der Waals surface area contributed by atoms with Crippen LogP contribution in [-0.2, 0) is 9.53 Å². The van der Waals surface area contributed by atoms with Crippen molar-refractivity contribution in [3.8, 4) is 0 Å². The molecule has 0 aromatic rings. The van der Waals surface area contributed by atoms with Crippen molar-refractivity contribution in [2.75, 3.05) is 7.11 Å². The molecule has 3 nitrogen and oxygen atoms in total. The van der Waals surface area contributed by atoms with Crippen molar-refractivity contribution in [2.24, 2.45) is 0 Å². The molecule has 3 heteroatoms. The fourth-order valence-electron chi connectivity index (χ4n) is 0.494. The predicted molar refractivity (Wildman–Crippen MR) is 32.9 cm³/mol. The molecule has 0 amide bonds. The van der Waals surface area contributed by atoms with Crippen molar-refractivity contribution in [3.05, 3.63) is 0 Å². The lowest BCUT2D eigenvalue weighted by atomic mass is 10.2. The number of methoxy groups -OCH3 is 1. The number of aliphatic hydroxyl groups excluding tert-OH is 1. The molecule has 1 unspecified atom stereocenters. The molecule has 0 aliphatic carbocycles.